The molecule has 0 saturated heterocycles. The Balaban J connectivity index is 1.84. The summed E-state index contributed by atoms with van der Waals surface area (Å²) in [5.74, 6) is 1.11. The van der Waals surface area contributed by atoms with Crippen molar-refractivity contribution in [2.45, 2.75) is 13.8 Å². The average Bonchev–Trinajstić information content (AvgIpc) is 2.84. The molecule has 2 heterocycles. The van der Waals surface area contributed by atoms with Gasteiger partial charge in [-0.05, 0) is 60.7 Å². The summed E-state index contributed by atoms with van der Waals surface area (Å²) in [5, 5.41) is 7.13. The predicted octanol–water partition coefficient (Wildman–Crippen LogP) is 4.22. The standard InChI is InChI=1S/C15H15IN6S/c1-8-9(2)23-15(20-8)22-14-12(17)13(18-7-19-14)21-11-5-3-10(16)4-6-11/h3-7H,17H2,1-2H3,(H2,18,19,20,21,22). The van der Waals surface area contributed by atoms with E-state index in [9.17, 15) is 0 Å². The number of aryl methyl sites for hydroxylation is 2. The number of hydrogen-bond acceptors (Lipinski definition) is 7. The molecule has 0 aliphatic rings. The minimum Gasteiger partial charge on any atom is -0.393 e. The third kappa shape index (κ3) is 3.70. The number of anilines is 5. The zero-order valence-electron chi connectivity index (χ0n) is 12.6. The van der Waals surface area contributed by atoms with Crippen LogP contribution in [0.4, 0.5) is 28.1 Å². The number of hydrogen-bond donors (Lipinski definition) is 3. The molecule has 2 aromatic heterocycles. The number of aromatic nitrogens is 3. The molecule has 0 spiro atoms. The zero-order valence-corrected chi connectivity index (χ0v) is 15.6. The molecule has 0 amide bonds. The predicted molar refractivity (Wildman–Crippen MR) is 104 cm³/mol. The lowest BCUT2D eigenvalue weighted by molar-refractivity contribution is 1.16. The van der Waals surface area contributed by atoms with Crippen LogP contribution in [0.2, 0.25) is 0 Å². The number of nitrogens with two attached hydrogens (primary N) is 1. The number of benzene rings is 1. The summed E-state index contributed by atoms with van der Waals surface area (Å²) in [4.78, 5) is 14.0. The largest absolute Gasteiger partial charge is 0.393 e. The SMILES string of the molecule is Cc1nc(Nc2ncnc(Nc3ccc(I)cc3)c2N)sc1C. The van der Waals surface area contributed by atoms with Gasteiger partial charge < -0.3 is 16.4 Å². The van der Waals surface area contributed by atoms with Gasteiger partial charge in [0.2, 0.25) is 0 Å². The number of rotatable bonds is 4. The van der Waals surface area contributed by atoms with E-state index in [0.29, 0.717) is 17.3 Å². The monoisotopic (exact) mass is 438 g/mol. The first-order valence-electron chi connectivity index (χ1n) is 6.87. The number of thiazole rings is 1. The van der Waals surface area contributed by atoms with Crippen LogP contribution >= 0.6 is 33.9 Å². The summed E-state index contributed by atoms with van der Waals surface area (Å²) in [6, 6.07) is 7.98. The van der Waals surface area contributed by atoms with Crippen molar-refractivity contribution in [2.24, 2.45) is 0 Å². The Labute approximate surface area is 151 Å². The highest BCUT2D eigenvalue weighted by atomic mass is 127. The van der Waals surface area contributed by atoms with Gasteiger partial charge in [0.15, 0.2) is 16.8 Å². The van der Waals surface area contributed by atoms with E-state index in [-0.39, 0.29) is 0 Å². The topological polar surface area (TPSA) is 88.8 Å². The van der Waals surface area contributed by atoms with Crippen LogP contribution in [-0.4, -0.2) is 15.0 Å². The normalized spacial score (nSPS) is 10.6. The molecule has 0 saturated carbocycles. The van der Waals surface area contributed by atoms with Crippen molar-refractivity contribution in [3.63, 3.8) is 0 Å². The van der Waals surface area contributed by atoms with E-state index in [1.54, 1.807) is 11.3 Å². The lowest BCUT2D eigenvalue weighted by Gasteiger charge is -2.11. The Morgan fingerprint density at radius 3 is 2.30 bits per heavy atom. The highest BCUT2D eigenvalue weighted by Crippen LogP contribution is 2.30. The second-order valence-corrected chi connectivity index (χ2v) is 7.35. The quantitative estimate of drug-likeness (QED) is 0.529. The second kappa shape index (κ2) is 6.67. The lowest BCUT2D eigenvalue weighted by Crippen LogP contribution is -2.05. The maximum absolute atomic E-state index is 6.18. The molecule has 23 heavy (non-hydrogen) atoms. The summed E-state index contributed by atoms with van der Waals surface area (Å²) in [5.41, 5.74) is 8.56. The van der Waals surface area contributed by atoms with Crippen LogP contribution in [0, 0.1) is 17.4 Å². The minimum absolute atomic E-state index is 0.455. The van der Waals surface area contributed by atoms with Crippen LogP contribution in [0.15, 0.2) is 30.6 Å². The van der Waals surface area contributed by atoms with Gasteiger partial charge in [0.25, 0.3) is 0 Å². The first-order valence-corrected chi connectivity index (χ1v) is 8.76. The molecule has 0 aliphatic heterocycles. The Hall–Kier alpha value is -1.94. The van der Waals surface area contributed by atoms with Crippen LogP contribution in [0.5, 0.6) is 0 Å². The highest BCUT2D eigenvalue weighted by molar-refractivity contribution is 14.1. The number of nitrogens with zero attached hydrogens (tertiary/aromatic N) is 3. The molecule has 3 rings (SSSR count). The van der Waals surface area contributed by atoms with Crippen molar-refractivity contribution in [3.8, 4) is 0 Å². The van der Waals surface area contributed by atoms with E-state index < -0.39 is 0 Å². The van der Waals surface area contributed by atoms with Gasteiger partial charge in [0.05, 0.1) is 5.69 Å². The van der Waals surface area contributed by atoms with Crippen molar-refractivity contribution in [3.05, 3.63) is 44.7 Å². The van der Waals surface area contributed by atoms with Gasteiger partial charge >= 0.3 is 0 Å². The average molecular weight is 438 g/mol. The Kier molecular flexibility index (Phi) is 4.62. The van der Waals surface area contributed by atoms with Crippen LogP contribution < -0.4 is 16.4 Å². The van der Waals surface area contributed by atoms with Crippen LogP contribution in [0.3, 0.4) is 0 Å². The fraction of sp³-hybridized carbons (Fsp3) is 0.133. The molecule has 0 unspecified atom stereocenters. The van der Waals surface area contributed by atoms with Crippen molar-refractivity contribution >= 4 is 62.1 Å². The molecular weight excluding hydrogens is 423 g/mol. The maximum atomic E-state index is 6.18. The highest BCUT2D eigenvalue weighted by Gasteiger charge is 2.11. The van der Waals surface area contributed by atoms with Gasteiger partial charge in [-0.15, -0.1) is 11.3 Å². The van der Waals surface area contributed by atoms with Crippen molar-refractivity contribution < 1.29 is 0 Å². The van der Waals surface area contributed by atoms with Crippen LogP contribution in [-0.2, 0) is 0 Å². The summed E-state index contributed by atoms with van der Waals surface area (Å²) in [6.45, 7) is 4.01. The molecule has 0 atom stereocenters. The Morgan fingerprint density at radius 2 is 1.70 bits per heavy atom. The minimum atomic E-state index is 0.455. The molecule has 118 valence electrons. The van der Waals surface area contributed by atoms with Crippen molar-refractivity contribution in [2.75, 3.05) is 16.4 Å². The summed E-state index contributed by atoms with van der Waals surface area (Å²) in [6.07, 6.45) is 1.47. The molecule has 0 fully saturated rings. The molecule has 6 nitrogen and oxygen atoms in total. The van der Waals surface area contributed by atoms with E-state index in [0.717, 1.165) is 21.4 Å². The van der Waals surface area contributed by atoms with E-state index in [4.69, 9.17) is 5.73 Å². The molecule has 0 aliphatic carbocycles. The fourth-order valence-corrected chi connectivity index (χ4v) is 3.07. The van der Waals surface area contributed by atoms with E-state index in [1.807, 2.05) is 38.1 Å². The number of halogens is 1. The molecule has 1 aromatic carbocycles. The van der Waals surface area contributed by atoms with E-state index in [2.05, 4.69) is 48.2 Å². The third-order valence-corrected chi connectivity index (χ3v) is 4.95. The molecule has 8 heteroatoms. The zero-order chi connectivity index (χ0) is 16.4. The molecule has 0 radical (unpaired) electrons. The third-order valence-electron chi connectivity index (χ3n) is 3.24. The number of nitrogen functional groups attached to an aromatic ring is 1. The van der Waals surface area contributed by atoms with Gasteiger partial charge in [0, 0.05) is 14.1 Å². The molecule has 4 N–H and O–H groups in total. The molecule has 3 aromatic rings. The van der Waals surface area contributed by atoms with Gasteiger partial charge in [-0.3, -0.25) is 0 Å². The molecular formula is C15H15IN6S. The van der Waals surface area contributed by atoms with Gasteiger partial charge in [-0.2, -0.15) is 0 Å². The summed E-state index contributed by atoms with van der Waals surface area (Å²) >= 11 is 3.83. The maximum Gasteiger partial charge on any atom is 0.188 e. The summed E-state index contributed by atoms with van der Waals surface area (Å²) < 4.78 is 1.17. The Morgan fingerprint density at radius 1 is 1.04 bits per heavy atom. The Bertz CT molecular complexity index is 811. The van der Waals surface area contributed by atoms with Gasteiger partial charge in [0.1, 0.15) is 12.0 Å². The van der Waals surface area contributed by atoms with Crippen LogP contribution in [0.1, 0.15) is 10.6 Å². The second-order valence-electron chi connectivity index (χ2n) is 4.90. The van der Waals surface area contributed by atoms with Crippen LogP contribution in [0.25, 0.3) is 0 Å². The molecule has 0 bridgehead atoms. The van der Waals surface area contributed by atoms with Gasteiger partial charge in [-0.1, -0.05) is 0 Å². The van der Waals surface area contributed by atoms with Gasteiger partial charge in [-0.25, -0.2) is 15.0 Å². The first-order chi connectivity index (χ1) is 11.0. The van der Waals surface area contributed by atoms with Crippen molar-refractivity contribution in [1.82, 2.24) is 15.0 Å². The fourth-order valence-electron chi connectivity index (χ4n) is 1.89. The van der Waals surface area contributed by atoms with E-state index >= 15 is 0 Å². The first kappa shape index (κ1) is 15.9. The van der Waals surface area contributed by atoms with Crippen molar-refractivity contribution in [1.29, 1.82) is 0 Å². The van der Waals surface area contributed by atoms with E-state index in [1.165, 1.54) is 9.90 Å². The number of nitrogens with one attached hydrogen (secondary N) is 2. The summed E-state index contributed by atoms with van der Waals surface area (Å²) in [7, 11) is 0. The lowest BCUT2D eigenvalue weighted by atomic mass is 10.3. The smallest absolute Gasteiger partial charge is 0.188 e.